The molecule has 1 atom stereocenters. The van der Waals surface area contributed by atoms with Crippen LogP contribution in [-0.2, 0) is 0 Å². The number of benzene rings is 3. The Balaban J connectivity index is 1.14. The summed E-state index contributed by atoms with van der Waals surface area (Å²) in [5.74, 6) is 1.59. The number of aromatic nitrogens is 2. The van der Waals surface area contributed by atoms with E-state index in [2.05, 4.69) is 52.5 Å². The fourth-order valence-corrected chi connectivity index (χ4v) is 3.92. The lowest BCUT2D eigenvalue weighted by Crippen LogP contribution is -1.98. The van der Waals surface area contributed by atoms with Gasteiger partial charge in [-0.25, -0.2) is 9.97 Å². The summed E-state index contributed by atoms with van der Waals surface area (Å²) in [6, 6.07) is 23.9. The normalized spacial score (nSPS) is 16.2. The predicted octanol–water partition coefficient (Wildman–Crippen LogP) is 7.32. The molecule has 154 valence electrons. The molecule has 0 aliphatic heterocycles. The highest BCUT2D eigenvalue weighted by atomic mass is 16.4. The minimum Gasteiger partial charge on any atom is -0.440 e. The van der Waals surface area contributed by atoms with Crippen LogP contribution in [0.2, 0.25) is 0 Å². The van der Waals surface area contributed by atoms with E-state index in [1.54, 1.807) is 0 Å². The molecular formula is C28H20N2O2. The monoisotopic (exact) mass is 416 g/mol. The summed E-state index contributed by atoms with van der Waals surface area (Å²) in [6.45, 7) is 0. The molecule has 4 heteroatoms. The second kappa shape index (κ2) is 7.82. The van der Waals surface area contributed by atoms with Crippen LogP contribution in [0.4, 0.5) is 0 Å². The van der Waals surface area contributed by atoms with Gasteiger partial charge in [0, 0.05) is 5.56 Å². The zero-order chi connectivity index (χ0) is 21.3. The van der Waals surface area contributed by atoms with Gasteiger partial charge in [0.05, 0.1) is 5.92 Å². The number of oxazole rings is 2. The summed E-state index contributed by atoms with van der Waals surface area (Å²) in [5.41, 5.74) is 6.70. The van der Waals surface area contributed by atoms with E-state index in [9.17, 15) is 0 Å². The molecule has 0 saturated heterocycles. The van der Waals surface area contributed by atoms with Gasteiger partial charge in [-0.2, -0.15) is 0 Å². The van der Waals surface area contributed by atoms with E-state index in [0.29, 0.717) is 5.89 Å². The van der Waals surface area contributed by atoms with Gasteiger partial charge in [-0.3, -0.25) is 0 Å². The minimum absolute atomic E-state index is 0.176. The molecule has 32 heavy (non-hydrogen) atoms. The maximum Gasteiger partial charge on any atom is 0.227 e. The Labute approximate surface area is 185 Å². The van der Waals surface area contributed by atoms with Crippen molar-refractivity contribution in [2.45, 2.75) is 12.3 Å². The fraction of sp³-hybridized carbons (Fsp3) is 0.0714. The maximum atomic E-state index is 5.92. The topological polar surface area (TPSA) is 52.1 Å². The van der Waals surface area contributed by atoms with Gasteiger partial charge in [0.2, 0.25) is 11.8 Å². The van der Waals surface area contributed by atoms with Crippen molar-refractivity contribution < 1.29 is 8.83 Å². The Morgan fingerprint density at radius 3 is 2.16 bits per heavy atom. The number of hydrogen-bond donors (Lipinski definition) is 0. The molecule has 3 aromatic carbocycles. The molecule has 0 radical (unpaired) electrons. The molecule has 1 aliphatic rings. The lowest BCUT2D eigenvalue weighted by Gasteiger charge is -2.11. The Morgan fingerprint density at radius 2 is 1.47 bits per heavy atom. The van der Waals surface area contributed by atoms with Crippen LogP contribution in [0.25, 0.3) is 39.7 Å². The molecule has 0 spiro atoms. The van der Waals surface area contributed by atoms with E-state index < -0.39 is 0 Å². The van der Waals surface area contributed by atoms with Gasteiger partial charge in [-0.1, -0.05) is 66.8 Å². The van der Waals surface area contributed by atoms with Crippen molar-refractivity contribution in [3.63, 3.8) is 0 Å². The molecule has 0 fully saturated rings. The zero-order valence-electron chi connectivity index (χ0n) is 17.3. The van der Waals surface area contributed by atoms with E-state index in [1.165, 1.54) is 5.57 Å². The summed E-state index contributed by atoms with van der Waals surface area (Å²) >= 11 is 0. The standard InChI is InChI=1S/C28H20N2O2/c1-3-7-25-23(5-1)29-27(31-25)21-15-11-19(12-16-21)9-10-20-13-17-22(18-14-20)28-30-24-6-2-4-8-26(24)32-28/h1-17,22H,18H2/b10-9-. The molecule has 4 nitrogen and oxygen atoms in total. The Hall–Kier alpha value is -4.18. The SMILES string of the molecule is C1=CC(c2nc3ccccc3o2)CC=C1/C=C\c1ccc(-c2nc3ccccc3o2)cc1. The summed E-state index contributed by atoms with van der Waals surface area (Å²) in [4.78, 5) is 9.19. The second-order valence-electron chi connectivity index (χ2n) is 7.87. The molecule has 1 aliphatic carbocycles. The van der Waals surface area contributed by atoms with Crippen LogP contribution in [0, 0.1) is 0 Å². The molecule has 1 unspecified atom stereocenters. The van der Waals surface area contributed by atoms with E-state index in [4.69, 9.17) is 8.83 Å². The zero-order valence-corrected chi connectivity index (χ0v) is 17.3. The number of allylic oxidation sites excluding steroid dienone is 5. The Morgan fingerprint density at radius 1 is 0.750 bits per heavy atom. The molecule has 2 aromatic heterocycles. The van der Waals surface area contributed by atoms with Crippen molar-refractivity contribution >= 4 is 28.3 Å². The van der Waals surface area contributed by atoms with Crippen molar-refractivity contribution in [2.24, 2.45) is 0 Å². The number of rotatable bonds is 4. The second-order valence-corrected chi connectivity index (χ2v) is 7.87. The van der Waals surface area contributed by atoms with E-state index in [-0.39, 0.29) is 5.92 Å². The van der Waals surface area contributed by atoms with Gasteiger partial charge in [0.15, 0.2) is 11.2 Å². The van der Waals surface area contributed by atoms with Crippen LogP contribution in [0.5, 0.6) is 0 Å². The third kappa shape index (κ3) is 3.56. The van der Waals surface area contributed by atoms with Crippen LogP contribution in [0.15, 0.2) is 112 Å². The summed E-state index contributed by atoms with van der Waals surface area (Å²) in [6.07, 6.45) is 11.6. The van der Waals surface area contributed by atoms with Crippen molar-refractivity contribution in [3.05, 3.63) is 114 Å². The molecule has 0 bridgehead atoms. The van der Waals surface area contributed by atoms with Crippen LogP contribution >= 0.6 is 0 Å². The lowest BCUT2D eigenvalue weighted by atomic mass is 9.96. The highest BCUT2D eigenvalue weighted by Crippen LogP contribution is 2.29. The van der Waals surface area contributed by atoms with Crippen molar-refractivity contribution in [1.82, 2.24) is 9.97 Å². The average molecular weight is 416 g/mol. The highest BCUT2D eigenvalue weighted by Gasteiger charge is 2.16. The summed E-state index contributed by atoms with van der Waals surface area (Å²) in [5, 5.41) is 0. The Bertz CT molecular complexity index is 1430. The van der Waals surface area contributed by atoms with E-state index in [0.717, 1.165) is 45.6 Å². The first-order valence-electron chi connectivity index (χ1n) is 10.7. The number of para-hydroxylation sites is 4. The lowest BCUT2D eigenvalue weighted by molar-refractivity contribution is 0.504. The average Bonchev–Trinajstić information content (AvgIpc) is 3.48. The predicted molar refractivity (Wildman–Crippen MR) is 127 cm³/mol. The first-order chi connectivity index (χ1) is 15.8. The molecule has 0 saturated carbocycles. The maximum absolute atomic E-state index is 5.92. The number of fused-ring (bicyclic) bond motifs is 2. The van der Waals surface area contributed by atoms with Gasteiger partial charge >= 0.3 is 0 Å². The van der Waals surface area contributed by atoms with Gasteiger partial charge in [-0.15, -0.1) is 0 Å². The molecule has 0 N–H and O–H groups in total. The first kappa shape index (κ1) is 18.6. The van der Waals surface area contributed by atoms with Crippen LogP contribution in [0.1, 0.15) is 23.8 Å². The van der Waals surface area contributed by atoms with E-state index >= 15 is 0 Å². The highest BCUT2D eigenvalue weighted by molar-refractivity contribution is 5.76. The molecule has 5 aromatic rings. The van der Waals surface area contributed by atoms with Gasteiger partial charge in [-0.05, 0) is 54.0 Å². The molecule has 0 amide bonds. The van der Waals surface area contributed by atoms with Crippen LogP contribution in [0.3, 0.4) is 0 Å². The van der Waals surface area contributed by atoms with E-state index in [1.807, 2.05) is 60.7 Å². The van der Waals surface area contributed by atoms with Crippen molar-refractivity contribution in [3.8, 4) is 11.5 Å². The third-order valence-corrected chi connectivity index (χ3v) is 5.68. The largest absolute Gasteiger partial charge is 0.440 e. The van der Waals surface area contributed by atoms with Crippen molar-refractivity contribution in [2.75, 3.05) is 0 Å². The molecule has 6 rings (SSSR count). The quantitative estimate of drug-likeness (QED) is 0.308. The summed E-state index contributed by atoms with van der Waals surface area (Å²) < 4.78 is 11.8. The van der Waals surface area contributed by atoms with Gasteiger partial charge < -0.3 is 8.83 Å². The Kier molecular flexibility index (Phi) is 4.54. The number of hydrogen-bond acceptors (Lipinski definition) is 4. The smallest absolute Gasteiger partial charge is 0.227 e. The summed E-state index contributed by atoms with van der Waals surface area (Å²) in [7, 11) is 0. The van der Waals surface area contributed by atoms with Crippen LogP contribution < -0.4 is 0 Å². The van der Waals surface area contributed by atoms with Gasteiger partial charge in [0.25, 0.3) is 0 Å². The number of nitrogens with zero attached hydrogens (tertiary/aromatic N) is 2. The van der Waals surface area contributed by atoms with Crippen molar-refractivity contribution in [1.29, 1.82) is 0 Å². The first-order valence-corrected chi connectivity index (χ1v) is 10.7. The molecular weight excluding hydrogens is 396 g/mol. The van der Waals surface area contributed by atoms with Gasteiger partial charge in [0.1, 0.15) is 11.0 Å². The minimum atomic E-state index is 0.176. The third-order valence-electron chi connectivity index (χ3n) is 5.68. The molecule has 2 heterocycles. The fourth-order valence-electron chi connectivity index (χ4n) is 3.92. The van der Waals surface area contributed by atoms with Crippen LogP contribution in [-0.4, -0.2) is 9.97 Å².